The number of aliphatic hydroxyl groups excluding tert-OH is 1. The van der Waals surface area contributed by atoms with Crippen LogP contribution in [0.1, 0.15) is 11.6 Å². The van der Waals surface area contributed by atoms with E-state index in [0.717, 1.165) is 18.2 Å². The summed E-state index contributed by atoms with van der Waals surface area (Å²) in [6.07, 6.45) is -7.79. The molecule has 1 rings (SSSR count). The zero-order chi connectivity index (χ0) is 12.5. The van der Waals surface area contributed by atoms with E-state index in [1.54, 1.807) is 0 Å². The first-order valence-electron chi connectivity index (χ1n) is 4.23. The minimum Gasteiger partial charge on any atom is -0.505 e. The Morgan fingerprint density at radius 3 is 2.31 bits per heavy atom. The lowest BCUT2D eigenvalue weighted by Crippen LogP contribution is -2.38. The van der Waals surface area contributed by atoms with Crippen molar-refractivity contribution in [2.24, 2.45) is 5.73 Å². The monoisotopic (exact) mass is 239 g/mol. The molecule has 2 atom stereocenters. The quantitative estimate of drug-likeness (QED) is 0.684. The van der Waals surface area contributed by atoms with Crippen molar-refractivity contribution in [1.29, 1.82) is 0 Å². The first-order valence-corrected chi connectivity index (χ1v) is 4.23. The molecule has 0 saturated carbocycles. The molecular formula is C9H9F4NO2. The maximum atomic E-state index is 12.8. The Kier molecular flexibility index (Phi) is 3.39. The maximum absolute atomic E-state index is 12.8. The smallest absolute Gasteiger partial charge is 0.416 e. The molecule has 0 radical (unpaired) electrons. The molecule has 0 amide bonds. The number of benzene rings is 1. The van der Waals surface area contributed by atoms with Crippen LogP contribution in [0.4, 0.5) is 17.6 Å². The molecule has 16 heavy (non-hydrogen) atoms. The number of para-hydroxylation sites is 1. The number of aliphatic hydroxyl groups is 1. The fourth-order valence-electron chi connectivity index (χ4n) is 1.17. The summed E-state index contributed by atoms with van der Waals surface area (Å²) < 4.78 is 49.2. The van der Waals surface area contributed by atoms with Gasteiger partial charge in [0.05, 0.1) is 6.04 Å². The van der Waals surface area contributed by atoms with Gasteiger partial charge in [0.25, 0.3) is 0 Å². The largest absolute Gasteiger partial charge is 0.505 e. The minimum absolute atomic E-state index is 0.496. The molecule has 0 aliphatic heterocycles. The highest BCUT2D eigenvalue weighted by Gasteiger charge is 2.43. The van der Waals surface area contributed by atoms with Crippen LogP contribution in [0.25, 0.3) is 0 Å². The summed E-state index contributed by atoms with van der Waals surface area (Å²) in [7, 11) is 0. The second-order valence-corrected chi connectivity index (χ2v) is 3.19. The van der Waals surface area contributed by atoms with Gasteiger partial charge in [-0.25, -0.2) is 4.39 Å². The second kappa shape index (κ2) is 4.26. The Balaban J connectivity index is 3.06. The molecular weight excluding hydrogens is 230 g/mol. The lowest BCUT2D eigenvalue weighted by atomic mass is 10.0. The fraction of sp³-hybridized carbons (Fsp3) is 0.333. The predicted molar refractivity (Wildman–Crippen MR) is 47.1 cm³/mol. The van der Waals surface area contributed by atoms with Crippen LogP contribution in [0.5, 0.6) is 5.75 Å². The summed E-state index contributed by atoms with van der Waals surface area (Å²) in [5.74, 6) is -2.08. The third-order valence-electron chi connectivity index (χ3n) is 2.05. The van der Waals surface area contributed by atoms with Gasteiger partial charge >= 0.3 is 6.18 Å². The van der Waals surface area contributed by atoms with Crippen LogP contribution in [-0.2, 0) is 0 Å². The van der Waals surface area contributed by atoms with E-state index in [2.05, 4.69) is 0 Å². The Hall–Kier alpha value is -1.34. The summed E-state index contributed by atoms with van der Waals surface area (Å²) in [5.41, 5.74) is 4.60. The van der Waals surface area contributed by atoms with Gasteiger partial charge in [-0.05, 0) is 6.07 Å². The first kappa shape index (κ1) is 12.7. The second-order valence-electron chi connectivity index (χ2n) is 3.19. The van der Waals surface area contributed by atoms with Crippen LogP contribution >= 0.6 is 0 Å². The number of hydrogen-bond acceptors (Lipinski definition) is 3. The molecule has 0 heterocycles. The van der Waals surface area contributed by atoms with Crippen LogP contribution in [0.2, 0.25) is 0 Å². The van der Waals surface area contributed by atoms with Crippen molar-refractivity contribution in [3.05, 3.63) is 29.6 Å². The number of rotatable bonds is 2. The van der Waals surface area contributed by atoms with Gasteiger partial charge in [0.15, 0.2) is 17.7 Å². The van der Waals surface area contributed by atoms with E-state index < -0.39 is 35.5 Å². The molecule has 0 fully saturated rings. The van der Waals surface area contributed by atoms with Crippen molar-refractivity contribution in [1.82, 2.24) is 0 Å². The van der Waals surface area contributed by atoms with Crippen molar-refractivity contribution in [3.8, 4) is 5.75 Å². The summed E-state index contributed by atoms with van der Waals surface area (Å²) in [4.78, 5) is 0. The van der Waals surface area contributed by atoms with E-state index in [9.17, 15) is 17.6 Å². The van der Waals surface area contributed by atoms with E-state index >= 15 is 0 Å². The van der Waals surface area contributed by atoms with Gasteiger partial charge < -0.3 is 15.9 Å². The van der Waals surface area contributed by atoms with E-state index in [4.69, 9.17) is 15.9 Å². The standard InChI is InChI=1S/C9H9F4NO2/c10-5-3-1-2-4(7(5)15)6(14)8(16)9(11,12)13/h1-3,6,8,15-16H,14H2/t6-,8-/m1/s1. The summed E-state index contributed by atoms with van der Waals surface area (Å²) in [6.45, 7) is 0. The van der Waals surface area contributed by atoms with E-state index in [0.29, 0.717) is 0 Å². The van der Waals surface area contributed by atoms with Gasteiger partial charge in [-0.3, -0.25) is 0 Å². The average molecular weight is 239 g/mol. The van der Waals surface area contributed by atoms with Crippen LogP contribution in [0.3, 0.4) is 0 Å². The molecule has 0 aliphatic carbocycles. The lowest BCUT2D eigenvalue weighted by Gasteiger charge is -2.22. The fourth-order valence-corrected chi connectivity index (χ4v) is 1.17. The van der Waals surface area contributed by atoms with Crippen LogP contribution in [-0.4, -0.2) is 22.5 Å². The van der Waals surface area contributed by atoms with Crippen LogP contribution in [0.15, 0.2) is 18.2 Å². The Bertz CT molecular complexity index is 380. The van der Waals surface area contributed by atoms with Gasteiger partial charge in [0.2, 0.25) is 0 Å². The topological polar surface area (TPSA) is 66.5 Å². The summed E-state index contributed by atoms with van der Waals surface area (Å²) >= 11 is 0. The molecule has 4 N–H and O–H groups in total. The van der Waals surface area contributed by atoms with Crippen molar-refractivity contribution < 1.29 is 27.8 Å². The molecule has 1 aromatic rings. The third-order valence-corrected chi connectivity index (χ3v) is 2.05. The average Bonchev–Trinajstić information content (AvgIpc) is 2.18. The number of phenolic OH excluding ortho intramolecular Hbond substituents is 1. The lowest BCUT2D eigenvalue weighted by molar-refractivity contribution is -0.210. The predicted octanol–water partition coefficient (Wildman–Crippen LogP) is 1.45. The number of aromatic hydroxyl groups is 1. The third kappa shape index (κ3) is 2.42. The van der Waals surface area contributed by atoms with Gasteiger partial charge in [0, 0.05) is 5.56 Å². The molecule has 3 nitrogen and oxygen atoms in total. The molecule has 0 unspecified atom stereocenters. The van der Waals surface area contributed by atoms with Crippen LogP contribution < -0.4 is 5.73 Å². The minimum atomic E-state index is -4.93. The highest BCUT2D eigenvalue weighted by molar-refractivity contribution is 5.36. The molecule has 0 spiro atoms. The van der Waals surface area contributed by atoms with E-state index in [1.807, 2.05) is 0 Å². The maximum Gasteiger partial charge on any atom is 0.416 e. The van der Waals surface area contributed by atoms with Crippen molar-refractivity contribution in [2.45, 2.75) is 18.3 Å². The zero-order valence-corrected chi connectivity index (χ0v) is 7.87. The SMILES string of the molecule is N[C@H](c1cccc(F)c1O)[C@@H](O)C(F)(F)F. The Labute approximate surface area is 88.1 Å². The van der Waals surface area contributed by atoms with Crippen LogP contribution in [0, 0.1) is 5.82 Å². The highest BCUT2D eigenvalue weighted by Crippen LogP contribution is 2.33. The number of alkyl halides is 3. The Morgan fingerprint density at radius 1 is 1.25 bits per heavy atom. The first-order chi connectivity index (χ1) is 7.25. The van der Waals surface area contributed by atoms with Crippen molar-refractivity contribution >= 4 is 0 Å². The number of nitrogens with two attached hydrogens (primary N) is 1. The number of hydrogen-bond donors (Lipinski definition) is 3. The van der Waals surface area contributed by atoms with Gasteiger partial charge in [-0.15, -0.1) is 0 Å². The highest BCUT2D eigenvalue weighted by atomic mass is 19.4. The molecule has 7 heteroatoms. The van der Waals surface area contributed by atoms with Gasteiger partial charge in [-0.1, -0.05) is 12.1 Å². The van der Waals surface area contributed by atoms with E-state index in [-0.39, 0.29) is 0 Å². The number of phenols is 1. The molecule has 1 aromatic carbocycles. The zero-order valence-electron chi connectivity index (χ0n) is 7.87. The molecule has 0 saturated heterocycles. The summed E-state index contributed by atoms with van der Waals surface area (Å²) in [5, 5.41) is 18.0. The normalized spacial score (nSPS) is 15.9. The van der Waals surface area contributed by atoms with Crippen molar-refractivity contribution in [3.63, 3.8) is 0 Å². The van der Waals surface area contributed by atoms with E-state index in [1.165, 1.54) is 0 Å². The van der Waals surface area contributed by atoms with Crippen molar-refractivity contribution in [2.75, 3.05) is 0 Å². The molecule has 0 aromatic heterocycles. The van der Waals surface area contributed by atoms with Gasteiger partial charge in [0.1, 0.15) is 0 Å². The number of halogens is 4. The Morgan fingerprint density at radius 2 is 1.81 bits per heavy atom. The summed E-state index contributed by atoms with van der Waals surface area (Å²) in [6, 6.07) is 1.03. The molecule has 90 valence electrons. The molecule has 0 aliphatic rings. The molecule has 0 bridgehead atoms. The van der Waals surface area contributed by atoms with Gasteiger partial charge in [-0.2, -0.15) is 13.2 Å².